The van der Waals surface area contributed by atoms with Gasteiger partial charge in [-0.2, -0.15) is 0 Å². The molecule has 1 atom stereocenters. The smallest absolute Gasteiger partial charge is 0.123 e. The van der Waals surface area contributed by atoms with E-state index in [0.29, 0.717) is 6.04 Å². The van der Waals surface area contributed by atoms with Crippen LogP contribution in [0.1, 0.15) is 38.3 Å². The van der Waals surface area contributed by atoms with E-state index >= 15 is 0 Å². The Bertz CT molecular complexity index is 388. The summed E-state index contributed by atoms with van der Waals surface area (Å²) in [5.41, 5.74) is 2.21. The van der Waals surface area contributed by atoms with Crippen molar-refractivity contribution in [3.63, 3.8) is 0 Å². The Morgan fingerprint density at radius 2 is 2.18 bits per heavy atom. The van der Waals surface area contributed by atoms with Crippen LogP contribution in [0.5, 0.6) is 0 Å². The quantitative estimate of drug-likeness (QED) is 0.845. The van der Waals surface area contributed by atoms with Crippen molar-refractivity contribution in [2.45, 2.75) is 38.8 Å². The zero-order valence-corrected chi connectivity index (χ0v) is 10.8. The van der Waals surface area contributed by atoms with Gasteiger partial charge in [0.25, 0.3) is 0 Å². The molecule has 0 aromatic heterocycles. The zero-order chi connectivity index (χ0) is 12.4. The molecule has 0 spiro atoms. The fraction of sp³-hybridized carbons (Fsp3) is 0.571. The Balaban J connectivity index is 2.29. The van der Waals surface area contributed by atoms with Crippen LogP contribution in [0, 0.1) is 5.82 Å². The second kappa shape index (κ2) is 5.05. The van der Waals surface area contributed by atoms with Gasteiger partial charge in [-0.25, -0.2) is 4.39 Å². The largest absolute Gasteiger partial charge is 0.371 e. The Hall–Kier alpha value is -1.09. The highest BCUT2D eigenvalue weighted by atomic mass is 19.1. The average molecular weight is 236 g/mol. The molecule has 0 radical (unpaired) electrons. The highest BCUT2D eigenvalue weighted by Gasteiger charge is 2.28. The van der Waals surface area contributed by atoms with Crippen molar-refractivity contribution in [3.8, 4) is 0 Å². The first-order valence-electron chi connectivity index (χ1n) is 6.39. The third kappa shape index (κ3) is 2.78. The van der Waals surface area contributed by atoms with Crippen LogP contribution in [0.2, 0.25) is 0 Å². The number of rotatable bonds is 5. The minimum absolute atomic E-state index is 0.155. The predicted molar refractivity (Wildman–Crippen MR) is 69.9 cm³/mol. The molecule has 3 heteroatoms. The molecule has 0 amide bonds. The molecule has 1 unspecified atom stereocenters. The summed E-state index contributed by atoms with van der Waals surface area (Å²) in [4.78, 5) is 2.28. The molecule has 17 heavy (non-hydrogen) atoms. The molecule has 1 aromatic carbocycles. The van der Waals surface area contributed by atoms with Crippen molar-refractivity contribution in [1.29, 1.82) is 0 Å². The number of nitrogens with zero attached hydrogens (tertiary/aromatic N) is 1. The standard InChI is InChI=1S/C14H21FN2/c1-4-16-10(2)13-9-11(15)5-8-14(13)17(3)12-6-7-12/h5,8-10,12,16H,4,6-7H2,1-3H3. The maximum atomic E-state index is 13.4. The topological polar surface area (TPSA) is 15.3 Å². The first-order valence-corrected chi connectivity index (χ1v) is 6.39. The van der Waals surface area contributed by atoms with E-state index < -0.39 is 0 Å². The maximum Gasteiger partial charge on any atom is 0.123 e. The van der Waals surface area contributed by atoms with E-state index in [1.54, 1.807) is 12.1 Å². The van der Waals surface area contributed by atoms with Crippen LogP contribution in [-0.2, 0) is 0 Å². The van der Waals surface area contributed by atoms with E-state index in [-0.39, 0.29) is 11.9 Å². The molecule has 0 bridgehead atoms. The van der Waals surface area contributed by atoms with Crippen molar-refractivity contribution < 1.29 is 4.39 Å². The normalized spacial score (nSPS) is 16.9. The van der Waals surface area contributed by atoms with E-state index in [1.165, 1.54) is 12.8 Å². The Morgan fingerprint density at radius 3 is 2.76 bits per heavy atom. The van der Waals surface area contributed by atoms with Crippen molar-refractivity contribution in [2.24, 2.45) is 0 Å². The maximum absolute atomic E-state index is 13.4. The second-order valence-electron chi connectivity index (χ2n) is 4.82. The lowest BCUT2D eigenvalue weighted by Crippen LogP contribution is -2.25. The van der Waals surface area contributed by atoms with E-state index in [4.69, 9.17) is 0 Å². The first-order chi connectivity index (χ1) is 8.13. The highest BCUT2D eigenvalue weighted by Crippen LogP contribution is 2.34. The summed E-state index contributed by atoms with van der Waals surface area (Å²) < 4.78 is 13.4. The van der Waals surface area contributed by atoms with Gasteiger partial charge in [-0.1, -0.05) is 6.92 Å². The number of anilines is 1. The van der Waals surface area contributed by atoms with Crippen molar-refractivity contribution in [2.75, 3.05) is 18.5 Å². The molecule has 1 fully saturated rings. The summed E-state index contributed by atoms with van der Waals surface area (Å²) in [7, 11) is 2.10. The number of nitrogens with one attached hydrogen (secondary N) is 1. The highest BCUT2D eigenvalue weighted by molar-refractivity contribution is 5.56. The van der Waals surface area contributed by atoms with Gasteiger partial charge in [0.15, 0.2) is 0 Å². The number of halogens is 1. The van der Waals surface area contributed by atoms with Gasteiger partial charge < -0.3 is 10.2 Å². The summed E-state index contributed by atoms with van der Waals surface area (Å²) >= 11 is 0. The third-order valence-corrected chi connectivity index (χ3v) is 3.44. The van der Waals surface area contributed by atoms with Crippen LogP contribution in [-0.4, -0.2) is 19.6 Å². The first kappa shape index (κ1) is 12.4. The lowest BCUT2D eigenvalue weighted by molar-refractivity contribution is 0.581. The number of benzene rings is 1. The van der Waals surface area contributed by atoms with Crippen LogP contribution in [0.4, 0.5) is 10.1 Å². The molecule has 1 aliphatic rings. The summed E-state index contributed by atoms with van der Waals surface area (Å²) in [6.07, 6.45) is 2.51. The molecule has 1 aromatic rings. The molecule has 2 nitrogen and oxygen atoms in total. The van der Waals surface area contributed by atoms with Gasteiger partial charge in [0.05, 0.1) is 0 Å². The molecule has 2 rings (SSSR count). The molecular weight excluding hydrogens is 215 g/mol. The van der Waals surface area contributed by atoms with Crippen LogP contribution in [0.3, 0.4) is 0 Å². The van der Waals surface area contributed by atoms with Crippen LogP contribution in [0.15, 0.2) is 18.2 Å². The van der Waals surface area contributed by atoms with Gasteiger partial charge in [-0.15, -0.1) is 0 Å². The summed E-state index contributed by atoms with van der Waals surface area (Å²) in [5.74, 6) is -0.155. The minimum Gasteiger partial charge on any atom is -0.371 e. The molecule has 0 aliphatic heterocycles. The average Bonchev–Trinajstić information content (AvgIpc) is 3.12. The number of hydrogen-bond donors (Lipinski definition) is 1. The van der Waals surface area contributed by atoms with Crippen LogP contribution < -0.4 is 10.2 Å². The van der Waals surface area contributed by atoms with Gasteiger partial charge in [-0.05, 0) is 50.1 Å². The lowest BCUT2D eigenvalue weighted by Gasteiger charge is -2.25. The van der Waals surface area contributed by atoms with Gasteiger partial charge in [0.2, 0.25) is 0 Å². The number of hydrogen-bond acceptors (Lipinski definition) is 2. The molecule has 0 heterocycles. The molecule has 94 valence electrons. The van der Waals surface area contributed by atoms with Gasteiger partial charge in [-0.3, -0.25) is 0 Å². The van der Waals surface area contributed by atoms with E-state index in [9.17, 15) is 4.39 Å². The van der Waals surface area contributed by atoms with E-state index in [1.807, 2.05) is 6.07 Å². The lowest BCUT2D eigenvalue weighted by atomic mass is 10.0. The Kier molecular flexibility index (Phi) is 3.67. The van der Waals surface area contributed by atoms with Crippen molar-refractivity contribution in [3.05, 3.63) is 29.6 Å². The summed E-state index contributed by atoms with van der Waals surface area (Å²) in [5, 5.41) is 3.35. The zero-order valence-electron chi connectivity index (χ0n) is 10.8. The SMILES string of the molecule is CCNC(C)c1cc(F)ccc1N(C)C1CC1. The van der Waals surface area contributed by atoms with Gasteiger partial charge >= 0.3 is 0 Å². The van der Waals surface area contributed by atoms with Crippen LogP contribution >= 0.6 is 0 Å². The molecule has 0 saturated heterocycles. The van der Waals surface area contributed by atoms with Crippen LogP contribution in [0.25, 0.3) is 0 Å². The third-order valence-electron chi connectivity index (χ3n) is 3.44. The van der Waals surface area contributed by atoms with Crippen molar-refractivity contribution in [1.82, 2.24) is 5.32 Å². The second-order valence-corrected chi connectivity index (χ2v) is 4.82. The monoisotopic (exact) mass is 236 g/mol. The molecule has 1 saturated carbocycles. The molecule has 1 aliphatic carbocycles. The van der Waals surface area contributed by atoms with Gasteiger partial charge in [0, 0.05) is 24.8 Å². The minimum atomic E-state index is -0.155. The fourth-order valence-corrected chi connectivity index (χ4v) is 2.27. The van der Waals surface area contributed by atoms with Gasteiger partial charge in [0.1, 0.15) is 5.82 Å². The summed E-state index contributed by atoms with van der Waals surface area (Å²) in [6.45, 7) is 5.05. The van der Waals surface area contributed by atoms with E-state index in [2.05, 4.69) is 31.1 Å². The Labute approximate surface area is 103 Å². The Morgan fingerprint density at radius 1 is 1.47 bits per heavy atom. The molecule has 1 N–H and O–H groups in total. The predicted octanol–water partition coefficient (Wildman–Crippen LogP) is 3.09. The molecular formula is C14H21FN2. The fourth-order valence-electron chi connectivity index (χ4n) is 2.27. The summed E-state index contributed by atoms with van der Waals surface area (Å²) in [6, 6.07) is 5.94. The van der Waals surface area contributed by atoms with Crippen molar-refractivity contribution >= 4 is 5.69 Å². The van der Waals surface area contributed by atoms with E-state index in [0.717, 1.165) is 17.8 Å².